The molecule has 11 heteroatoms. The lowest BCUT2D eigenvalue weighted by atomic mass is 10.0. The van der Waals surface area contributed by atoms with Crippen LogP contribution in [0, 0.1) is 0 Å². The number of hydrogen-bond acceptors (Lipinski definition) is 9. The second kappa shape index (κ2) is 18.0. The van der Waals surface area contributed by atoms with Crippen LogP contribution >= 0.6 is 0 Å². The van der Waals surface area contributed by atoms with Crippen LogP contribution < -0.4 is 16.4 Å². The maximum Gasteiger partial charge on any atom is 0.329 e. The molecule has 11 nitrogen and oxygen atoms in total. The molecule has 0 aliphatic carbocycles. The fourth-order valence-electron chi connectivity index (χ4n) is 3.68. The van der Waals surface area contributed by atoms with E-state index in [0.717, 1.165) is 32.1 Å². The van der Waals surface area contributed by atoms with Crippen molar-refractivity contribution in [2.75, 3.05) is 6.54 Å². The first-order chi connectivity index (χ1) is 18.7. The molecule has 0 rings (SSSR count). The summed E-state index contributed by atoms with van der Waals surface area (Å²) in [5.74, 6) is -1.96. The van der Waals surface area contributed by atoms with Crippen molar-refractivity contribution in [3.8, 4) is 0 Å². The maximum absolute atomic E-state index is 13.0. The van der Waals surface area contributed by atoms with E-state index in [1.165, 1.54) is 0 Å². The number of nitrogens with two attached hydrogens (primary N) is 1. The second-order valence-corrected chi connectivity index (χ2v) is 13.3. The van der Waals surface area contributed by atoms with Crippen LogP contribution in [0.1, 0.15) is 127 Å². The van der Waals surface area contributed by atoms with Gasteiger partial charge in [-0.2, -0.15) is 0 Å². The van der Waals surface area contributed by atoms with E-state index >= 15 is 0 Å². The van der Waals surface area contributed by atoms with E-state index in [2.05, 4.69) is 10.6 Å². The summed E-state index contributed by atoms with van der Waals surface area (Å²) in [5.41, 5.74) is 3.16. The maximum atomic E-state index is 13.0. The molecule has 2 atom stereocenters. The van der Waals surface area contributed by atoms with Crippen LogP contribution in [0.15, 0.2) is 0 Å². The molecule has 0 saturated heterocycles. The Morgan fingerprint density at radius 1 is 0.585 bits per heavy atom. The number of Topliss-reactive ketones (excluding diaryl/α,β-unsaturated/α-hetero) is 1. The minimum absolute atomic E-state index is 0.0106. The molecule has 0 spiro atoms. The van der Waals surface area contributed by atoms with Crippen molar-refractivity contribution >= 4 is 29.7 Å². The average molecular weight is 586 g/mol. The lowest BCUT2D eigenvalue weighted by molar-refractivity contribution is -0.159. The summed E-state index contributed by atoms with van der Waals surface area (Å²) in [6.45, 7) is 16.0. The molecular weight excluding hydrogens is 530 g/mol. The van der Waals surface area contributed by atoms with Crippen molar-refractivity contribution in [3.63, 3.8) is 0 Å². The summed E-state index contributed by atoms with van der Waals surface area (Å²) in [5, 5.41) is 5.06. The highest BCUT2D eigenvalue weighted by Gasteiger charge is 2.31. The molecule has 0 bridgehead atoms. The Morgan fingerprint density at radius 3 is 1.44 bits per heavy atom. The smallest absolute Gasteiger partial charge is 0.329 e. The zero-order valence-electron chi connectivity index (χ0n) is 26.8. The number of carbonyl (C=O) groups is 5. The lowest BCUT2D eigenvalue weighted by Gasteiger charge is -2.27. The monoisotopic (exact) mass is 585 g/mol. The molecule has 0 aliphatic heterocycles. The molecule has 0 radical (unpaired) electrons. The highest BCUT2D eigenvalue weighted by molar-refractivity contribution is 5.88. The van der Waals surface area contributed by atoms with E-state index in [4.69, 9.17) is 19.9 Å². The second-order valence-electron chi connectivity index (χ2n) is 13.3. The quantitative estimate of drug-likeness (QED) is 0.127. The Kier molecular flexibility index (Phi) is 16.8. The third-order valence-electron chi connectivity index (χ3n) is 5.42. The van der Waals surface area contributed by atoms with Crippen LogP contribution in [-0.4, -0.2) is 65.2 Å². The van der Waals surface area contributed by atoms with Gasteiger partial charge in [-0.25, -0.2) is 14.4 Å². The minimum Gasteiger partial charge on any atom is -0.460 e. The van der Waals surface area contributed by atoms with Crippen LogP contribution in [0.2, 0.25) is 0 Å². The van der Waals surface area contributed by atoms with Crippen LogP contribution in [0.5, 0.6) is 0 Å². The zero-order valence-corrected chi connectivity index (χ0v) is 26.8. The Balaban J connectivity index is 5.37. The van der Waals surface area contributed by atoms with E-state index in [9.17, 15) is 24.0 Å². The molecule has 0 aromatic carbocycles. The molecule has 0 unspecified atom stereocenters. The van der Waals surface area contributed by atoms with Crippen molar-refractivity contribution in [3.05, 3.63) is 0 Å². The fraction of sp³-hybridized carbons (Fsp3) is 0.833. The number of carbonyl (C=O) groups excluding carboxylic acids is 5. The molecule has 0 heterocycles. The summed E-state index contributed by atoms with van der Waals surface area (Å²) in [6.07, 6.45) is 5.00. The van der Waals surface area contributed by atoms with E-state index < -0.39 is 52.8 Å². The summed E-state index contributed by atoms with van der Waals surface area (Å²) >= 11 is 0. The lowest BCUT2D eigenvalue weighted by Crippen LogP contribution is -2.53. The Labute approximate surface area is 246 Å². The van der Waals surface area contributed by atoms with Gasteiger partial charge in [0, 0.05) is 19.3 Å². The van der Waals surface area contributed by atoms with Crippen molar-refractivity contribution in [1.82, 2.24) is 10.6 Å². The van der Waals surface area contributed by atoms with E-state index in [1.807, 2.05) is 0 Å². The molecule has 0 aromatic rings. The topological polar surface area (TPSA) is 163 Å². The number of ketones is 1. The van der Waals surface area contributed by atoms with E-state index in [-0.39, 0.29) is 31.5 Å². The van der Waals surface area contributed by atoms with Gasteiger partial charge >= 0.3 is 23.9 Å². The summed E-state index contributed by atoms with van der Waals surface area (Å²) in [4.78, 5) is 63.4. The van der Waals surface area contributed by atoms with Gasteiger partial charge in [0.05, 0.1) is 0 Å². The number of urea groups is 1. The Hall–Kier alpha value is -2.69. The number of ether oxygens (including phenoxy) is 3. The van der Waals surface area contributed by atoms with Crippen LogP contribution in [-0.2, 0) is 33.4 Å². The molecular formula is C30H55N3O8. The van der Waals surface area contributed by atoms with Gasteiger partial charge in [-0.3, -0.25) is 9.59 Å². The first-order valence-corrected chi connectivity index (χ1v) is 14.7. The molecule has 2 amide bonds. The number of nitrogens with one attached hydrogen (secondary N) is 2. The van der Waals surface area contributed by atoms with E-state index in [0.29, 0.717) is 13.0 Å². The molecule has 0 aliphatic rings. The van der Waals surface area contributed by atoms with Gasteiger partial charge in [-0.05, 0) is 94.5 Å². The third-order valence-corrected chi connectivity index (χ3v) is 5.42. The predicted molar refractivity (Wildman–Crippen MR) is 157 cm³/mol. The van der Waals surface area contributed by atoms with Gasteiger partial charge in [0.15, 0.2) is 0 Å². The minimum atomic E-state index is -1.18. The highest BCUT2D eigenvalue weighted by atomic mass is 16.6. The molecule has 41 heavy (non-hydrogen) atoms. The van der Waals surface area contributed by atoms with Crippen molar-refractivity contribution in [1.29, 1.82) is 0 Å². The zero-order chi connectivity index (χ0) is 31.9. The van der Waals surface area contributed by atoms with Gasteiger partial charge in [-0.15, -0.1) is 0 Å². The van der Waals surface area contributed by atoms with Gasteiger partial charge in [0.1, 0.15) is 34.7 Å². The van der Waals surface area contributed by atoms with Crippen molar-refractivity contribution in [2.24, 2.45) is 5.73 Å². The number of esters is 3. The van der Waals surface area contributed by atoms with Crippen LogP contribution in [0.25, 0.3) is 0 Å². The summed E-state index contributed by atoms with van der Waals surface area (Å²) in [7, 11) is 0. The first kappa shape index (κ1) is 38.3. The van der Waals surface area contributed by atoms with E-state index in [1.54, 1.807) is 62.3 Å². The number of hydrogen-bond donors (Lipinski definition) is 3. The molecule has 0 aromatic heterocycles. The van der Waals surface area contributed by atoms with Crippen molar-refractivity contribution < 1.29 is 38.2 Å². The van der Waals surface area contributed by atoms with Gasteiger partial charge < -0.3 is 30.6 Å². The van der Waals surface area contributed by atoms with Crippen LogP contribution in [0.3, 0.4) is 0 Å². The number of amides is 2. The standard InChI is InChI=1S/C30H55N3O8/c1-28(2,3)39-24(35)19-18-23(26(37)41-30(7,8)9)33-27(38)32-22(25(36)40-29(4,5)6)17-16-21(34)15-13-11-10-12-14-20-31/h22-23H,10-20,31H2,1-9H3,(H2,32,33,38)/t22-,23-/m0/s1. The Morgan fingerprint density at radius 2 is 1.00 bits per heavy atom. The first-order valence-electron chi connectivity index (χ1n) is 14.7. The van der Waals surface area contributed by atoms with Crippen molar-refractivity contribution in [2.45, 2.75) is 155 Å². The van der Waals surface area contributed by atoms with Gasteiger partial charge in [0.25, 0.3) is 0 Å². The Bertz CT molecular complexity index is 853. The average Bonchev–Trinajstić information content (AvgIpc) is 2.78. The third kappa shape index (κ3) is 21.7. The molecule has 0 fully saturated rings. The fourth-order valence-corrected chi connectivity index (χ4v) is 3.68. The van der Waals surface area contributed by atoms with Gasteiger partial charge in [0.2, 0.25) is 0 Å². The molecule has 0 saturated carbocycles. The number of unbranched alkanes of at least 4 members (excludes halogenated alkanes) is 4. The van der Waals surface area contributed by atoms with Crippen LogP contribution in [0.4, 0.5) is 4.79 Å². The van der Waals surface area contributed by atoms with Gasteiger partial charge in [-0.1, -0.05) is 19.3 Å². The normalized spacial score (nSPS) is 13.5. The SMILES string of the molecule is CC(C)(C)OC(=O)CC[C@H](NC(=O)N[C@@H](CCC(=O)CCCCCCCN)C(=O)OC(C)(C)C)C(=O)OC(C)(C)C. The number of rotatable bonds is 17. The highest BCUT2D eigenvalue weighted by Crippen LogP contribution is 2.15. The predicted octanol–water partition coefficient (Wildman–Crippen LogP) is 4.48. The summed E-state index contributed by atoms with van der Waals surface area (Å²) < 4.78 is 16.2. The molecule has 238 valence electrons. The molecule has 4 N–H and O–H groups in total. The summed E-state index contributed by atoms with van der Waals surface area (Å²) in [6, 6.07) is -3.12. The largest absolute Gasteiger partial charge is 0.460 e.